The van der Waals surface area contributed by atoms with E-state index in [-0.39, 0.29) is 17.7 Å². The largest absolute Gasteiger partial charge is 0.326 e. The molecule has 0 aliphatic carbocycles. The summed E-state index contributed by atoms with van der Waals surface area (Å²) in [5, 5.41) is 2.72. The second-order valence-corrected chi connectivity index (χ2v) is 8.43. The van der Waals surface area contributed by atoms with Crippen LogP contribution in [0.3, 0.4) is 0 Å². The van der Waals surface area contributed by atoms with Crippen LogP contribution in [0.15, 0.2) is 88.7 Å². The van der Waals surface area contributed by atoms with E-state index >= 15 is 0 Å². The molecule has 0 saturated carbocycles. The van der Waals surface area contributed by atoms with E-state index in [4.69, 9.17) is 0 Å². The molecule has 4 rings (SSSR count). The van der Waals surface area contributed by atoms with Crippen LogP contribution in [0.2, 0.25) is 0 Å². The molecule has 0 unspecified atom stereocenters. The van der Waals surface area contributed by atoms with Gasteiger partial charge in [0, 0.05) is 17.5 Å². The van der Waals surface area contributed by atoms with Crippen molar-refractivity contribution in [1.82, 2.24) is 0 Å². The lowest BCUT2D eigenvalue weighted by Crippen LogP contribution is -2.31. The molecular formula is C26H22N2O3S. The van der Waals surface area contributed by atoms with E-state index in [1.165, 1.54) is 23.6 Å². The van der Waals surface area contributed by atoms with Crippen molar-refractivity contribution in [2.24, 2.45) is 0 Å². The topological polar surface area (TPSA) is 66.5 Å². The van der Waals surface area contributed by atoms with Gasteiger partial charge in [-0.3, -0.25) is 14.4 Å². The number of anilines is 2. The number of aryl methyl sites for hydroxylation is 1. The highest BCUT2D eigenvalue weighted by Gasteiger charge is 2.40. The van der Waals surface area contributed by atoms with E-state index in [1.54, 1.807) is 24.3 Å². The van der Waals surface area contributed by atoms with Crippen LogP contribution in [0.5, 0.6) is 0 Å². The van der Waals surface area contributed by atoms with Crippen LogP contribution in [0.4, 0.5) is 11.4 Å². The maximum Gasteiger partial charge on any atom is 0.272 e. The van der Waals surface area contributed by atoms with Gasteiger partial charge in [-0.2, -0.15) is 0 Å². The smallest absolute Gasteiger partial charge is 0.272 e. The zero-order valence-corrected chi connectivity index (χ0v) is 18.6. The monoisotopic (exact) mass is 442 g/mol. The Kier molecular flexibility index (Phi) is 6.23. The van der Waals surface area contributed by atoms with E-state index in [2.05, 4.69) is 12.2 Å². The fourth-order valence-corrected chi connectivity index (χ4v) is 4.52. The Morgan fingerprint density at radius 3 is 2.12 bits per heavy atom. The molecule has 160 valence electrons. The number of benzene rings is 3. The summed E-state index contributed by atoms with van der Waals surface area (Å²) >= 11 is 1.28. The lowest BCUT2D eigenvalue weighted by Gasteiger charge is -2.15. The highest BCUT2D eigenvalue weighted by Crippen LogP contribution is 2.41. The summed E-state index contributed by atoms with van der Waals surface area (Å²) in [6, 6.07) is 23.9. The van der Waals surface area contributed by atoms with Gasteiger partial charge in [-0.25, -0.2) is 4.90 Å². The average molecular weight is 443 g/mol. The van der Waals surface area contributed by atoms with Crippen molar-refractivity contribution in [3.63, 3.8) is 0 Å². The minimum atomic E-state index is -0.357. The molecule has 6 heteroatoms. The number of thioether (sulfide) groups is 1. The number of hydrogen-bond acceptors (Lipinski definition) is 4. The van der Waals surface area contributed by atoms with E-state index in [1.807, 2.05) is 54.6 Å². The molecule has 5 nitrogen and oxygen atoms in total. The van der Waals surface area contributed by atoms with Gasteiger partial charge in [0.1, 0.15) is 0 Å². The Morgan fingerprint density at radius 2 is 1.53 bits per heavy atom. The van der Waals surface area contributed by atoms with Crippen molar-refractivity contribution in [2.45, 2.75) is 25.2 Å². The first kappa shape index (κ1) is 21.6. The summed E-state index contributed by atoms with van der Waals surface area (Å²) in [6.07, 6.45) is 0.876. The van der Waals surface area contributed by atoms with Crippen molar-refractivity contribution >= 4 is 46.4 Å². The lowest BCUT2D eigenvalue weighted by atomic mass is 10.1. The van der Waals surface area contributed by atoms with Gasteiger partial charge in [0.2, 0.25) is 5.91 Å². The van der Waals surface area contributed by atoms with Gasteiger partial charge in [-0.15, -0.1) is 0 Å². The highest BCUT2D eigenvalue weighted by atomic mass is 32.2. The molecule has 3 aromatic carbocycles. The van der Waals surface area contributed by atoms with Crippen molar-refractivity contribution in [3.05, 3.63) is 94.9 Å². The molecule has 0 radical (unpaired) electrons. The number of nitrogens with one attached hydrogen (secondary N) is 1. The van der Waals surface area contributed by atoms with Crippen LogP contribution < -0.4 is 10.2 Å². The molecule has 0 fully saturated rings. The Labute approximate surface area is 191 Å². The summed E-state index contributed by atoms with van der Waals surface area (Å²) in [6.45, 7) is 3.49. The zero-order chi connectivity index (χ0) is 22.7. The molecule has 1 aliphatic rings. The average Bonchev–Trinajstić information content (AvgIpc) is 3.04. The summed E-state index contributed by atoms with van der Waals surface area (Å²) in [4.78, 5) is 40.8. The highest BCUT2D eigenvalue weighted by molar-refractivity contribution is 8.04. The number of rotatable bonds is 6. The first-order valence-electron chi connectivity index (χ1n) is 10.3. The number of nitrogens with zero attached hydrogens (tertiary/aromatic N) is 1. The number of amides is 3. The van der Waals surface area contributed by atoms with Crippen LogP contribution in [0.1, 0.15) is 25.0 Å². The summed E-state index contributed by atoms with van der Waals surface area (Å²) in [7, 11) is 0. The van der Waals surface area contributed by atoms with Gasteiger partial charge < -0.3 is 5.32 Å². The van der Waals surface area contributed by atoms with Gasteiger partial charge in [0.15, 0.2) is 0 Å². The first-order valence-corrected chi connectivity index (χ1v) is 11.1. The number of imide groups is 1. The van der Waals surface area contributed by atoms with Crippen LogP contribution >= 0.6 is 11.8 Å². The summed E-state index contributed by atoms with van der Waals surface area (Å²) in [5.74, 6) is -0.870. The molecule has 1 aliphatic heterocycles. The van der Waals surface area contributed by atoms with Crippen LogP contribution in [0.25, 0.3) is 5.57 Å². The Balaban J connectivity index is 1.76. The molecular weight excluding hydrogens is 420 g/mol. The van der Waals surface area contributed by atoms with E-state index < -0.39 is 0 Å². The Bertz CT molecular complexity index is 1200. The lowest BCUT2D eigenvalue weighted by molar-refractivity contribution is -0.120. The number of carbonyl (C=O) groups excluding carboxylic acids is 3. The molecule has 32 heavy (non-hydrogen) atoms. The van der Waals surface area contributed by atoms with Gasteiger partial charge in [-0.05, 0) is 53.9 Å². The number of carbonyl (C=O) groups is 3. The fraction of sp³-hybridized carbons (Fsp3) is 0.115. The van der Waals surface area contributed by atoms with Crippen LogP contribution in [-0.4, -0.2) is 17.7 Å². The third-order valence-electron chi connectivity index (χ3n) is 5.10. The first-order chi connectivity index (χ1) is 15.5. The Hall–Kier alpha value is -3.64. The maximum atomic E-state index is 13.5. The van der Waals surface area contributed by atoms with Crippen LogP contribution in [0, 0.1) is 0 Å². The SMILES string of the molecule is CCc1ccc(N2C(=O)C(Sc3ccccc3)=C(c3ccc(NC(C)=O)cc3)C2=O)cc1. The van der Waals surface area contributed by atoms with Gasteiger partial charge in [0.25, 0.3) is 11.8 Å². The predicted molar refractivity (Wildman–Crippen MR) is 128 cm³/mol. The molecule has 0 spiro atoms. The van der Waals surface area contributed by atoms with E-state index in [9.17, 15) is 14.4 Å². The predicted octanol–water partition coefficient (Wildman–Crippen LogP) is 5.28. The van der Waals surface area contributed by atoms with E-state index in [0.29, 0.717) is 27.4 Å². The van der Waals surface area contributed by atoms with Gasteiger partial charge in [0.05, 0.1) is 16.2 Å². The molecule has 3 aromatic rings. The molecule has 3 amide bonds. The normalized spacial score (nSPS) is 13.6. The molecule has 0 aromatic heterocycles. The van der Waals surface area contributed by atoms with Crippen LogP contribution in [-0.2, 0) is 20.8 Å². The summed E-state index contributed by atoms with van der Waals surface area (Å²) in [5.41, 5.74) is 3.30. The van der Waals surface area contributed by atoms with Gasteiger partial charge >= 0.3 is 0 Å². The quantitative estimate of drug-likeness (QED) is 0.527. The third-order valence-corrected chi connectivity index (χ3v) is 6.19. The fourth-order valence-electron chi connectivity index (χ4n) is 3.50. The van der Waals surface area contributed by atoms with Crippen molar-refractivity contribution < 1.29 is 14.4 Å². The zero-order valence-electron chi connectivity index (χ0n) is 17.8. The molecule has 0 atom stereocenters. The molecule has 1 N–H and O–H groups in total. The number of hydrogen-bond donors (Lipinski definition) is 1. The Morgan fingerprint density at radius 1 is 0.875 bits per heavy atom. The standard InChI is InChI=1S/C26H22N2O3S/c1-3-18-9-15-21(16-10-18)28-25(30)23(19-11-13-20(14-12-19)27-17(2)29)24(26(28)31)32-22-7-5-4-6-8-22/h4-16H,3H2,1-2H3,(H,27,29). The van der Waals surface area contributed by atoms with Gasteiger partial charge in [-0.1, -0.05) is 61.2 Å². The van der Waals surface area contributed by atoms with Crippen molar-refractivity contribution in [2.75, 3.05) is 10.2 Å². The summed E-state index contributed by atoms with van der Waals surface area (Å²) < 4.78 is 0. The minimum Gasteiger partial charge on any atom is -0.326 e. The molecule has 1 heterocycles. The van der Waals surface area contributed by atoms with Crippen molar-refractivity contribution in [3.8, 4) is 0 Å². The second-order valence-electron chi connectivity index (χ2n) is 7.34. The molecule has 0 bridgehead atoms. The van der Waals surface area contributed by atoms with Crippen molar-refractivity contribution in [1.29, 1.82) is 0 Å². The van der Waals surface area contributed by atoms with E-state index in [0.717, 1.165) is 16.9 Å². The maximum absolute atomic E-state index is 13.5. The molecule has 0 saturated heterocycles. The third kappa shape index (κ3) is 4.36. The minimum absolute atomic E-state index is 0.175. The second kappa shape index (κ2) is 9.24.